The fourth-order valence-electron chi connectivity index (χ4n) is 2.81. The van der Waals surface area contributed by atoms with Gasteiger partial charge < -0.3 is 15.5 Å². The van der Waals surface area contributed by atoms with Gasteiger partial charge >= 0.3 is 0 Å². The van der Waals surface area contributed by atoms with Crippen LogP contribution < -0.4 is 10.5 Å². The van der Waals surface area contributed by atoms with Crippen LogP contribution in [0.5, 0.6) is 5.75 Å². The monoisotopic (exact) mass is 288 g/mol. The maximum atomic E-state index is 5.68. The number of H-pyrrole nitrogens is 1. The number of nitrogens with zero attached hydrogens (tertiary/aromatic N) is 2. The van der Waals surface area contributed by atoms with E-state index in [1.54, 1.807) is 0 Å². The summed E-state index contributed by atoms with van der Waals surface area (Å²) in [5, 5.41) is 0. The molecule has 2 heterocycles. The number of aromatic amines is 1. The van der Waals surface area contributed by atoms with E-state index in [1.165, 1.54) is 32.4 Å². The van der Waals surface area contributed by atoms with Gasteiger partial charge in [0.1, 0.15) is 11.6 Å². The number of ether oxygens (including phenoxy) is 1. The van der Waals surface area contributed by atoms with E-state index in [0.717, 1.165) is 35.6 Å². The molecule has 5 nitrogen and oxygen atoms in total. The largest absolute Gasteiger partial charge is 0.493 e. The number of hydrogen-bond donors (Lipinski definition) is 2. The summed E-state index contributed by atoms with van der Waals surface area (Å²) in [7, 11) is 0. The fourth-order valence-corrected chi connectivity index (χ4v) is 2.81. The van der Waals surface area contributed by atoms with Gasteiger partial charge in [0.05, 0.1) is 24.2 Å². The first-order valence-corrected chi connectivity index (χ1v) is 7.89. The zero-order valence-corrected chi connectivity index (χ0v) is 12.5. The Labute approximate surface area is 125 Å². The lowest BCUT2D eigenvalue weighted by Crippen LogP contribution is -2.29. The van der Waals surface area contributed by atoms with Crippen molar-refractivity contribution in [3.05, 3.63) is 24.0 Å². The minimum absolute atomic E-state index is 0.659. The number of imidazole rings is 1. The van der Waals surface area contributed by atoms with E-state index in [9.17, 15) is 0 Å². The molecule has 0 amide bonds. The third-order valence-corrected chi connectivity index (χ3v) is 3.94. The topological polar surface area (TPSA) is 67.2 Å². The fraction of sp³-hybridized carbons (Fsp3) is 0.562. The van der Waals surface area contributed by atoms with Crippen LogP contribution in [0.2, 0.25) is 0 Å². The zero-order valence-electron chi connectivity index (χ0n) is 12.5. The number of rotatable bonds is 6. The molecule has 3 rings (SSSR count). The molecule has 0 aliphatic carbocycles. The van der Waals surface area contributed by atoms with Crippen molar-refractivity contribution in [1.29, 1.82) is 0 Å². The summed E-state index contributed by atoms with van der Waals surface area (Å²) in [6.45, 7) is 4.61. The number of likely N-dealkylation sites (tertiary alicyclic amines) is 1. The van der Waals surface area contributed by atoms with Crippen LogP contribution in [0, 0.1) is 0 Å². The molecule has 0 saturated carbocycles. The second-order valence-electron chi connectivity index (χ2n) is 5.69. The smallest absolute Gasteiger partial charge is 0.121 e. The Bertz CT molecular complexity index is 575. The van der Waals surface area contributed by atoms with Gasteiger partial charge in [-0.2, -0.15) is 0 Å². The number of nitrogens with two attached hydrogens (primary N) is 1. The van der Waals surface area contributed by atoms with Gasteiger partial charge in [0.15, 0.2) is 0 Å². The van der Waals surface area contributed by atoms with Gasteiger partial charge in [0, 0.05) is 6.07 Å². The quantitative estimate of drug-likeness (QED) is 0.800. The van der Waals surface area contributed by atoms with E-state index >= 15 is 0 Å². The van der Waals surface area contributed by atoms with Crippen LogP contribution in [0.1, 0.15) is 31.5 Å². The molecule has 0 unspecified atom stereocenters. The molecule has 3 N–H and O–H groups in total. The Kier molecular flexibility index (Phi) is 4.72. The minimum atomic E-state index is 0.659. The maximum Gasteiger partial charge on any atom is 0.121 e. The molecule has 2 aromatic rings. The average Bonchev–Trinajstić information content (AvgIpc) is 2.90. The van der Waals surface area contributed by atoms with Crippen molar-refractivity contribution in [2.75, 3.05) is 26.2 Å². The number of hydrogen-bond acceptors (Lipinski definition) is 4. The molecule has 1 fully saturated rings. The van der Waals surface area contributed by atoms with Gasteiger partial charge in [-0.1, -0.05) is 6.42 Å². The van der Waals surface area contributed by atoms with E-state index in [0.29, 0.717) is 13.2 Å². The van der Waals surface area contributed by atoms with Gasteiger partial charge in [-0.05, 0) is 51.0 Å². The summed E-state index contributed by atoms with van der Waals surface area (Å²) in [4.78, 5) is 10.6. The van der Waals surface area contributed by atoms with Crippen LogP contribution >= 0.6 is 0 Å². The Hall–Kier alpha value is -1.59. The Balaban J connectivity index is 1.67. The third kappa shape index (κ3) is 3.74. The summed E-state index contributed by atoms with van der Waals surface area (Å²) in [5.41, 5.74) is 7.53. The van der Waals surface area contributed by atoms with Crippen molar-refractivity contribution >= 4 is 11.0 Å². The van der Waals surface area contributed by atoms with Crippen molar-refractivity contribution < 1.29 is 4.74 Å². The van der Waals surface area contributed by atoms with E-state index in [4.69, 9.17) is 10.5 Å². The molecule has 114 valence electrons. The second kappa shape index (κ2) is 6.91. The number of aromatic nitrogens is 2. The first kappa shape index (κ1) is 14.4. The van der Waals surface area contributed by atoms with E-state index < -0.39 is 0 Å². The summed E-state index contributed by atoms with van der Waals surface area (Å²) in [5.74, 6) is 1.93. The first-order valence-electron chi connectivity index (χ1n) is 7.89. The van der Waals surface area contributed by atoms with Crippen LogP contribution in [0.3, 0.4) is 0 Å². The van der Waals surface area contributed by atoms with Crippen LogP contribution in [0.25, 0.3) is 11.0 Å². The van der Waals surface area contributed by atoms with Crippen LogP contribution in [-0.2, 0) is 6.54 Å². The SMILES string of the molecule is NCCCOc1ccc2nc(CN3CCCCC3)[nH]c2c1. The minimum Gasteiger partial charge on any atom is -0.493 e. The molecule has 0 spiro atoms. The zero-order chi connectivity index (χ0) is 14.5. The summed E-state index contributed by atoms with van der Waals surface area (Å²) < 4.78 is 5.68. The predicted octanol–water partition coefficient (Wildman–Crippen LogP) is 2.28. The van der Waals surface area contributed by atoms with Gasteiger partial charge in [-0.25, -0.2) is 4.98 Å². The highest BCUT2D eigenvalue weighted by Gasteiger charge is 2.12. The number of piperidine rings is 1. The van der Waals surface area contributed by atoms with E-state index in [-0.39, 0.29) is 0 Å². The van der Waals surface area contributed by atoms with E-state index in [1.807, 2.05) is 18.2 Å². The van der Waals surface area contributed by atoms with Gasteiger partial charge in [0.2, 0.25) is 0 Å². The van der Waals surface area contributed by atoms with Crippen molar-refractivity contribution in [3.63, 3.8) is 0 Å². The maximum absolute atomic E-state index is 5.68. The van der Waals surface area contributed by atoms with Crippen LogP contribution in [0.4, 0.5) is 0 Å². The Morgan fingerprint density at radius 3 is 2.90 bits per heavy atom. The first-order chi connectivity index (χ1) is 10.3. The Morgan fingerprint density at radius 1 is 1.24 bits per heavy atom. The van der Waals surface area contributed by atoms with Crippen molar-refractivity contribution in [3.8, 4) is 5.75 Å². The van der Waals surface area contributed by atoms with Gasteiger partial charge in [0.25, 0.3) is 0 Å². The highest BCUT2D eigenvalue weighted by molar-refractivity contribution is 5.76. The van der Waals surface area contributed by atoms with Crippen molar-refractivity contribution in [2.24, 2.45) is 5.73 Å². The molecule has 5 heteroatoms. The van der Waals surface area contributed by atoms with Gasteiger partial charge in [-0.3, -0.25) is 4.90 Å². The third-order valence-electron chi connectivity index (χ3n) is 3.94. The van der Waals surface area contributed by atoms with Crippen LogP contribution in [-0.4, -0.2) is 41.1 Å². The lowest BCUT2D eigenvalue weighted by atomic mass is 10.1. The van der Waals surface area contributed by atoms with Gasteiger partial charge in [-0.15, -0.1) is 0 Å². The number of fused-ring (bicyclic) bond motifs is 1. The lowest BCUT2D eigenvalue weighted by Gasteiger charge is -2.25. The predicted molar refractivity (Wildman–Crippen MR) is 84.4 cm³/mol. The highest BCUT2D eigenvalue weighted by Crippen LogP contribution is 2.20. The number of benzene rings is 1. The number of nitrogens with one attached hydrogen (secondary N) is 1. The normalized spacial score (nSPS) is 16.4. The molecule has 21 heavy (non-hydrogen) atoms. The van der Waals surface area contributed by atoms with Crippen LogP contribution in [0.15, 0.2) is 18.2 Å². The molecule has 0 radical (unpaired) electrons. The highest BCUT2D eigenvalue weighted by atomic mass is 16.5. The summed E-state index contributed by atoms with van der Waals surface area (Å²) >= 11 is 0. The molecule has 1 aliphatic heterocycles. The molecule has 1 saturated heterocycles. The van der Waals surface area contributed by atoms with Crippen molar-refractivity contribution in [2.45, 2.75) is 32.2 Å². The summed E-state index contributed by atoms with van der Waals surface area (Å²) in [6, 6.07) is 6.02. The average molecular weight is 288 g/mol. The second-order valence-corrected chi connectivity index (χ2v) is 5.69. The molecule has 1 aromatic carbocycles. The molecular formula is C16H24N4O. The molecule has 0 atom stereocenters. The molecular weight excluding hydrogens is 264 g/mol. The van der Waals surface area contributed by atoms with Crippen molar-refractivity contribution in [1.82, 2.24) is 14.9 Å². The molecule has 0 bridgehead atoms. The lowest BCUT2D eigenvalue weighted by molar-refractivity contribution is 0.216. The summed E-state index contributed by atoms with van der Waals surface area (Å²) in [6.07, 6.45) is 4.85. The Morgan fingerprint density at radius 2 is 2.10 bits per heavy atom. The molecule has 1 aliphatic rings. The standard InChI is InChI=1S/C16H24N4O/c17-7-4-10-21-13-5-6-14-15(11-13)19-16(18-14)12-20-8-2-1-3-9-20/h5-6,11H,1-4,7-10,12,17H2,(H,18,19). The van der Waals surface area contributed by atoms with E-state index in [2.05, 4.69) is 14.9 Å². The molecule has 1 aromatic heterocycles.